The van der Waals surface area contributed by atoms with Crippen LogP contribution in [0.15, 0.2) is 48.8 Å². The van der Waals surface area contributed by atoms with E-state index < -0.39 is 0 Å². The monoisotopic (exact) mass is 255 g/mol. The number of pyridine rings is 1. The molecule has 2 N–H and O–H groups in total. The molecule has 2 aromatic rings. The molecular formula is C15H17N3O. The fraction of sp³-hybridized carbons (Fsp3) is 0.200. The number of aromatic nitrogens is 1. The van der Waals surface area contributed by atoms with E-state index in [0.29, 0.717) is 6.54 Å². The molecule has 0 saturated carbocycles. The summed E-state index contributed by atoms with van der Waals surface area (Å²) >= 11 is 0. The fourth-order valence-electron chi connectivity index (χ4n) is 1.75. The average molecular weight is 255 g/mol. The van der Waals surface area contributed by atoms with Gasteiger partial charge in [-0.05, 0) is 36.2 Å². The molecular weight excluding hydrogens is 238 g/mol. The molecule has 4 heteroatoms. The van der Waals surface area contributed by atoms with Crippen LogP contribution in [0.5, 0.6) is 0 Å². The zero-order valence-electron chi connectivity index (χ0n) is 10.9. The standard InChI is InChI=1S/C15H17N3O/c1-12-4-2-6-14(8-12)18-15(19)11-17-10-13-5-3-7-16-9-13/h2-9,17H,10-11H2,1H3,(H,18,19). The van der Waals surface area contributed by atoms with E-state index >= 15 is 0 Å². The summed E-state index contributed by atoms with van der Waals surface area (Å²) in [5.74, 6) is -0.0468. The highest BCUT2D eigenvalue weighted by atomic mass is 16.1. The molecule has 0 saturated heterocycles. The number of nitrogens with one attached hydrogen (secondary N) is 2. The second-order valence-electron chi connectivity index (χ2n) is 4.38. The molecule has 1 heterocycles. The van der Waals surface area contributed by atoms with E-state index in [9.17, 15) is 4.79 Å². The predicted molar refractivity (Wildman–Crippen MR) is 75.8 cm³/mol. The summed E-state index contributed by atoms with van der Waals surface area (Å²) in [5, 5.41) is 5.94. The number of rotatable bonds is 5. The maximum atomic E-state index is 11.7. The third kappa shape index (κ3) is 4.52. The van der Waals surface area contributed by atoms with E-state index in [1.54, 1.807) is 12.4 Å². The van der Waals surface area contributed by atoms with E-state index in [0.717, 1.165) is 16.8 Å². The zero-order valence-corrected chi connectivity index (χ0v) is 10.9. The number of nitrogens with zero attached hydrogens (tertiary/aromatic N) is 1. The van der Waals surface area contributed by atoms with Crippen molar-refractivity contribution in [2.24, 2.45) is 0 Å². The van der Waals surface area contributed by atoms with Gasteiger partial charge in [-0.3, -0.25) is 9.78 Å². The highest BCUT2D eigenvalue weighted by molar-refractivity contribution is 5.92. The number of hydrogen-bond donors (Lipinski definition) is 2. The minimum absolute atomic E-state index is 0.0468. The lowest BCUT2D eigenvalue weighted by Gasteiger charge is -2.07. The summed E-state index contributed by atoms with van der Waals surface area (Å²) in [5.41, 5.74) is 3.01. The SMILES string of the molecule is Cc1cccc(NC(=O)CNCc2cccnc2)c1. The maximum Gasteiger partial charge on any atom is 0.238 e. The Morgan fingerprint density at radius 2 is 2.16 bits per heavy atom. The molecule has 0 aliphatic heterocycles. The molecule has 1 aromatic heterocycles. The highest BCUT2D eigenvalue weighted by Crippen LogP contribution is 2.08. The quantitative estimate of drug-likeness (QED) is 0.860. The number of amides is 1. The van der Waals surface area contributed by atoms with Crippen LogP contribution in [0.2, 0.25) is 0 Å². The molecule has 0 atom stereocenters. The van der Waals surface area contributed by atoms with Crippen molar-refractivity contribution in [1.82, 2.24) is 10.3 Å². The first-order chi connectivity index (χ1) is 9.24. The van der Waals surface area contributed by atoms with Crippen molar-refractivity contribution in [1.29, 1.82) is 0 Å². The number of anilines is 1. The molecule has 1 aromatic carbocycles. The van der Waals surface area contributed by atoms with Crippen LogP contribution in [0.1, 0.15) is 11.1 Å². The predicted octanol–water partition coefficient (Wildman–Crippen LogP) is 2.12. The van der Waals surface area contributed by atoms with Crippen LogP contribution >= 0.6 is 0 Å². The van der Waals surface area contributed by atoms with Crippen LogP contribution < -0.4 is 10.6 Å². The van der Waals surface area contributed by atoms with Crippen molar-refractivity contribution >= 4 is 11.6 Å². The van der Waals surface area contributed by atoms with Gasteiger partial charge in [0.1, 0.15) is 0 Å². The minimum atomic E-state index is -0.0468. The molecule has 1 amide bonds. The number of carbonyl (C=O) groups excluding carboxylic acids is 1. The van der Waals surface area contributed by atoms with Crippen LogP contribution in [0.4, 0.5) is 5.69 Å². The van der Waals surface area contributed by atoms with Crippen molar-refractivity contribution in [2.45, 2.75) is 13.5 Å². The van der Waals surface area contributed by atoms with Gasteiger partial charge in [0.15, 0.2) is 0 Å². The summed E-state index contributed by atoms with van der Waals surface area (Å²) in [7, 11) is 0. The summed E-state index contributed by atoms with van der Waals surface area (Å²) in [4.78, 5) is 15.7. The van der Waals surface area contributed by atoms with Gasteiger partial charge in [0.25, 0.3) is 0 Å². The Morgan fingerprint density at radius 3 is 2.89 bits per heavy atom. The smallest absolute Gasteiger partial charge is 0.238 e. The molecule has 4 nitrogen and oxygen atoms in total. The van der Waals surface area contributed by atoms with Gasteiger partial charge in [-0.15, -0.1) is 0 Å². The van der Waals surface area contributed by atoms with Gasteiger partial charge < -0.3 is 10.6 Å². The van der Waals surface area contributed by atoms with E-state index in [1.165, 1.54) is 0 Å². The maximum absolute atomic E-state index is 11.7. The van der Waals surface area contributed by atoms with Gasteiger partial charge in [-0.25, -0.2) is 0 Å². The molecule has 2 rings (SSSR count). The molecule has 98 valence electrons. The molecule has 0 unspecified atom stereocenters. The topological polar surface area (TPSA) is 54.0 Å². The van der Waals surface area contributed by atoms with Crippen LogP contribution in [0.25, 0.3) is 0 Å². The lowest BCUT2D eigenvalue weighted by Crippen LogP contribution is -2.27. The average Bonchev–Trinajstić information content (AvgIpc) is 2.40. The van der Waals surface area contributed by atoms with E-state index in [4.69, 9.17) is 0 Å². The number of benzene rings is 1. The summed E-state index contributed by atoms with van der Waals surface area (Å²) in [6.45, 7) is 2.91. The molecule has 19 heavy (non-hydrogen) atoms. The van der Waals surface area contributed by atoms with E-state index in [-0.39, 0.29) is 12.5 Å². The number of aryl methyl sites for hydroxylation is 1. The second-order valence-corrected chi connectivity index (χ2v) is 4.38. The third-order valence-corrected chi connectivity index (χ3v) is 2.64. The summed E-state index contributed by atoms with van der Waals surface area (Å²) < 4.78 is 0. The van der Waals surface area contributed by atoms with E-state index in [2.05, 4.69) is 15.6 Å². The Morgan fingerprint density at radius 1 is 1.26 bits per heavy atom. The zero-order chi connectivity index (χ0) is 13.5. The van der Waals surface area contributed by atoms with Crippen LogP contribution in [0, 0.1) is 6.92 Å². The van der Waals surface area contributed by atoms with Crippen molar-refractivity contribution in [2.75, 3.05) is 11.9 Å². The summed E-state index contributed by atoms with van der Waals surface area (Å²) in [6, 6.07) is 11.6. The van der Waals surface area contributed by atoms with E-state index in [1.807, 2.05) is 43.3 Å². The summed E-state index contributed by atoms with van der Waals surface area (Å²) in [6.07, 6.45) is 3.51. The van der Waals surface area contributed by atoms with Gasteiger partial charge in [0.05, 0.1) is 6.54 Å². The lowest BCUT2D eigenvalue weighted by atomic mass is 10.2. The first-order valence-electron chi connectivity index (χ1n) is 6.20. The second kappa shape index (κ2) is 6.66. The van der Waals surface area contributed by atoms with Gasteiger partial charge in [-0.2, -0.15) is 0 Å². The third-order valence-electron chi connectivity index (χ3n) is 2.64. The van der Waals surface area contributed by atoms with Gasteiger partial charge in [-0.1, -0.05) is 18.2 Å². The van der Waals surface area contributed by atoms with Gasteiger partial charge >= 0.3 is 0 Å². The Bertz CT molecular complexity index is 540. The molecule has 0 aliphatic rings. The molecule has 0 radical (unpaired) electrons. The molecule has 0 spiro atoms. The lowest BCUT2D eigenvalue weighted by molar-refractivity contribution is -0.115. The normalized spacial score (nSPS) is 10.2. The van der Waals surface area contributed by atoms with Crippen LogP contribution in [-0.2, 0) is 11.3 Å². The first kappa shape index (κ1) is 13.2. The first-order valence-corrected chi connectivity index (χ1v) is 6.20. The number of hydrogen-bond acceptors (Lipinski definition) is 3. The number of carbonyl (C=O) groups is 1. The highest BCUT2D eigenvalue weighted by Gasteiger charge is 2.01. The Balaban J connectivity index is 1.76. The largest absolute Gasteiger partial charge is 0.325 e. The fourth-order valence-corrected chi connectivity index (χ4v) is 1.75. The Hall–Kier alpha value is -2.20. The molecule has 0 bridgehead atoms. The van der Waals surface area contributed by atoms with Crippen molar-refractivity contribution in [3.63, 3.8) is 0 Å². The van der Waals surface area contributed by atoms with Gasteiger partial charge in [0.2, 0.25) is 5.91 Å². The van der Waals surface area contributed by atoms with Gasteiger partial charge in [0, 0.05) is 24.6 Å². The minimum Gasteiger partial charge on any atom is -0.325 e. The Kier molecular flexibility index (Phi) is 4.64. The van der Waals surface area contributed by atoms with Crippen molar-refractivity contribution in [3.05, 3.63) is 59.9 Å². The van der Waals surface area contributed by atoms with Crippen LogP contribution in [0.3, 0.4) is 0 Å². The Labute approximate surface area is 112 Å². The van der Waals surface area contributed by atoms with Crippen molar-refractivity contribution in [3.8, 4) is 0 Å². The van der Waals surface area contributed by atoms with Crippen molar-refractivity contribution < 1.29 is 4.79 Å². The van der Waals surface area contributed by atoms with Crippen LogP contribution in [-0.4, -0.2) is 17.4 Å². The molecule has 0 fully saturated rings. The molecule has 0 aliphatic carbocycles.